The first-order chi connectivity index (χ1) is 3.91. The van der Waals surface area contributed by atoms with Crippen molar-refractivity contribution in [3.05, 3.63) is 0 Å². The minimum Gasteiger partial charge on any atom is -0.0776 e. The maximum atomic E-state index is 2.26. The van der Waals surface area contributed by atoms with Crippen molar-refractivity contribution < 1.29 is 0 Å². The SMILES string of the molecule is C.C.C.C.C.C.CCCCCCCC. The number of unbranched alkanes of at least 4 members (excludes halogenated alkanes) is 5. The van der Waals surface area contributed by atoms with Crippen LogP contribution in [0.4, 0.5) is 0 Å². The summed E-state index contributed by atoms with van der Waals surface area (Å²) in [7, 11) is 0. The van der Waals surface area contributed by atoms with E-state index in [2.05, 4.69) is 13.8 Å². The Hall–Kier alpha value is 0. The quantitative estimate of drug-likeness (QED) is 0.421. The molecule has 0 nitrogen and oxygen atoms in total. The molecule has 0 spiro atoms. The predicted molar refractivity (Wildman–Crippen MR) is 79.4 cm³/mol. The van der Waals surface area contributed by atoms with E-state index in [0.717, 1.165) is 0 Å². The van der Waals surface area contributed by atoms with E-state index in [-0.39, 0.29) is 44.6 Å². The molecule has 0 aromatic carbocycles. The first kappa shape index (κ1) is 48.3. The molecule has 0 heteroatoms. The van der Waals surface area contributed by atoms with Gasteiger partial charge < -0.3 is 0 Å². The van der Waals surface area contributed by atoms with Gasteiger partial charge in [-0.2, -0.15) is 0 Å². The van der Waals surface area contributed by atoms with Crippen molar-refractivity contribution in [3.8, 4) is 0 Å². The van der Waals surface area contributed by atoms with Crippen molar-refractivity contribution in [2.75, 3.05) is 0 Å². The van der Waals surface area contributed by atoms with Crippen molar-refractivity contribution in [2.45, 2.75) is 96.9 Å². The molecule has 0 atom stereocenters. The number of rotatable bonds is 5. The Labute approximate surface area is 97.5 Å². The molecule has 0 saturated carbocycles. The van der Waals surface area contributed by atoms with Crippen LogP contribution in [0.3, 0.4) is 0 Å². The van der Waals surface area contributed by atoms with Crippen molar-refractivity contribution in [3.63, 3.8) is 0 Å². The summed E-state index contributed by atoms with van der Waals surface area (Å²) in [5, 5.41) is 0. The lowest BCUT2D eigenvalue weighted by Crippen LogP contribution is -1.73. The largest absolute Gasteiger partial charge is 0.0776 e. The van der Waals surface area contributed by atoms with Gasteiger partial charge in [-0.25, -0.2) is 0 Å². The fourth-order valence-corrected chi connectivity index (χ4v) is 0.854. The second-order valence-corrected chi connectivity index (χ2v) is 2.41. The third-order valence-electron chi connectivity index (χ3n) is 1.46. The molecular formula is C14H42. The Balaban J connectivity index is -0.0000000163. The average molecular weight is 210 g/mol. The summed E-state index contributed by atoms with van der Waals surface area (Å²) in [6, 6.07) is 0. The Kier molecular flexibility index (Phi) is 179. The van der Waals surface area contributed by atoms with E-state index in [1.54, 1.807) is 0 Å². The van der Waals surface area contributed by atoms with E-state index in [9.17, 15) is 0 Å². The second-order valence-electron chi connectivity index (χ2n) is 2.41. The lowest BCUT2D eigenvalue weighted by Gasteiger charge is -1.93. The van der Waals surface area contributed by atoms with Gasteiger partial charge in [0, 0.05) is 0 Å². The molecule has 0 saturated heterocycles. The highest BCUT2D eigenvalue weighted by atomic mass is 13.9. The van der Waals surface area contributed by atoms with Gasteiger partial charge >= 0.3 is 0 Å². The first-order valence-electron chi connectivity index (χ1n) is 3.91. The highest BCUT2D eigenvalue weighted by Gasteiger charge is 1.83. The molecule has 0 heterocycles. The predicted octanol–water partition coefficient (Wildman–Crippen LogP) is 7.18. The van der Waals surface area contributed by atoms with Gasteiger partial charge in [0.15, 0.2) is 0 Å². The topological polar surface area (TPSA) is 0 Å². The summed E-state index contributed by atoms with van der Waals surface area (Å²) < 4.78 is 0. The molecule has 0 N–H and O–H groups in total. The molecule has 0 aliphatic heterocycles. The zero-order valence-electron chi connectivity index (χ0n) is 6.24. The lowest BCUT2D eigenvalue weighted by molar-refractivity contribution is 0.624. The zero-order valence-corrected chi connectivity index (χ0v) is 6.24. The fourth-order valence-electron chi connectivity index (χ4n) is 0.854. The van der Waals surface area contributed by atoms with Crippen LogP contribution < -0.4 is 0 Å². The van der Waals surface area contributed by atoms with Crippen LogP contribution in [-0.4, -0.2) is 0 Å². The molecule has 0 aromatic rings. The maximum absolute atomic E-state index is 2.26. The van der Waals surface area contributed by atoms with E-state index >= 15 is 0 Å². The van der Waals surface area contributed by atoms with Crippen molar-refractivity contribution in [1.82, 2.24) is 0 Å². The summed E-state index contributed by atoms with van der Waals surface area (Å²) >= 11 is 0. The van der Waals surface area contributed by atoms with E-state index in [1.807, 2.05) is 0 Å². The molecule has 0 aliphatic carbocycles. The summed E-state index contributed by atoms with van der Waals surface area (Å²) in [6.07, 6.45) is 8.49. The molecule has 0 amide bonds. The van der Waals surface area contributed by atoms with Crippen LogP contribution in [0.1, 0.15) is 96.9 Å². The smallest absolute Gasteiger partial charge is 0.0533 e. The monoisotopic (exact) mass is 210 g/mol. The summed E-state index contributed by atoms with van der Waals surface area (Å²) in [6.45, 7) is 4.51. The molecule has 0 aromatic heterocycles. The Morgan fingerprint density at radius 3 is 0.786 bits per heavy atom. The molecule has 0 radical (unpaired) electrons. The van der Waals surface area contributed by atoms with E-state index < -0.39 is 0 Å². The fraction of sp³-hybridized carbons (Fsp3) is 1.00. The zero-order chi connectivity index (χ0) is 6.24. The standard InChI is InChI=1S/C8H18.6CH4/c1-3-5-7-8-6-4-2;;;;;;/h3-8H2,1-2H3;6*1H4. The third-order valence-corrected chi connectivity index (χ3v) is 1.46. The maximum Gasteiger partial charge on any atom is -0.0533 e. The molecule has 0 unspecified atom stereocenters. The van der Waals surface area contributed by atoms with Crippen LogP contribution in [-0.2, 0) is 0 Å². The lowest BCUT2D eigenvalue weighted by atomic mass is 10.1. The van der Waals surface area contributed by atoms with E-state index in [1.165, 1.54) is 38.5 Å². The number of hydrogen-bond acceptors (Lipinski definition) is 0. The molecule has 0 aliphatic rings. The first-order valence-corrected chi connectivity index (χ1v) is 3.91. The molecule has 98 valence electrons. The number of hydrogen-bond donors (Lipinski definition) is 0. The molecule has 0 rings (SSSR count). The van der Waals surface area contributed by atoms with Crippen LogP contribution in [0.15, 0.2) is 0 Å². The van der Waals surface area contributed by atoms with Crippen LogP contribution in [0.5, 0.6) is 0 Å². The van der Waals surface area contributed by atoms with Crippen LogP contribution in [0, 0.1) is 0 Å². The van der Waals surface area contributed by atoms with E-state index in [0.29, 0.717) is 0 Å². The van der Waals surface area contributed by atoms with Gasteiger partial charge in [0.2, 0.25) is 0 Å². The Morgan fingerprint density at radius 1 is 0.429 bits per heavy atom. The Bertz CT molecular complexity index is 25.0. The van der Waals surface area contributed by atoms with Gasteiger partial charge in [0.25, 0.3) is 0 Å². The summed E-state index contributed by atoms with van der Waals surface area (Å²) in [4.78, 5) is 0. The normalized spacial score (nSPS) is 5.57. The minimum absolute atomic E-state index is 0. The third kappa shape index (κ3) is 58.1. The summed E-state index contributed by atoms with van der Waals surface area (Å²) in [5.41, 5.74) is 0. The van der Waals surface area contributed by atoms with Gasteiger partial charge in [-0.15, -0.1) is 0 Å². The van der Waals surface area contributed by atoms with Gasteiger partial charge in [0.05, 0.1) is 0 Å². The van der Waals surface area contributed by atoms with Crippen LogP contribution in [0.25, 0.3) is 0 Å². The summed E-state index contributed by atoms with van der Waals surface area (Å²) in [5.74, 6) is 0. The Morgan fingerprint density at radius 2 is 0.643 bits per heavy atom. The molecular weight excluding hydrogens is 168 g/mol. The molecule has 14 heavy (non-hydrogen) atoms. The van der Waals surface area contributed by atoms with Gasteiger partial charge in [-0.05, 0) is 0 Å². The van der Waals surface area contributed by atoms with Crippen LogP contribution >= 0.6 is 0 Å². The van der Waals surface area contributed by atoms with Crippen molar-refractivity contribution >= 4 is 0 Å². The average Bonchev–Trinajstić information content (AvgIpc) is 1.81. The second kappa shape index (κ2) is 52.0. The highest BCUT2D eigenvalue weighted by Crippen LogP contribution is 2.03. The molecule has 0 bridgehead atoms. The van der Waals surface area contributed by atoms with Gasteiger partial charge in [-0.3, -0.25) is 0 Å². The minimum atomic E-state index is 0. The van der Waals surface area contributed by atoms with Gasteiger partial charge in [0.1, 0.15) is 0 Å². The van der Waals surface area contributed by atoms with E-state index in [4.69, 9.17) is 0 Å². The van der Waals surface area contributed by atoms with Crippen molar-refractivity contribution in [2.24, 2.45) is 0 Å². The molecule has 0 fully saturated rings. The van der Waals surface area contributed by atoms with Gasteiger partial charge in [-0.1, -0.05) is 96.9 Å². The highest BCUT2D eigenvalue weighted by molar-refractivity contribution is 4.39. The van der Waals surface area contributed by atoms with Crippen molar-refractivity contribution in [1.29, 1.82) is 0 Å². The van der Waals surface area contributed by atoms with Crippen LogP contribution in [0.2, 0.25) is 0 Å².